The molecule has 3 rings (SSSR count). The van der Waals surface area contributed by atoms with E-state index < -0.39 is 0 Å². The number of fused-ring (bicyclic) bond motifs is 1. The fraction of sp³-hybridized carbons (Fsp3) is 0.600. The Kier molecular flexibility index (Phi) is 3.16. The van der Waals surface area contributed by atoms with Crippen molar-refractivity contribution in [1.29, 1.82) is 0 Å². The molecule has 1 unspecified atom stereocenters. The first-order valence-electron chi connectivity index (χ1n) is 7.03. The van der Waals surface area contributed by atoms with Crippen molar-refractivity contribution in [1.82, 2.24) is 14.5 Å². The number of ether oxygens (including phenoxy) is 1. The maximum atomic E-state index is 6.34. The van der Waals surface area contributed by atoms with Gasteiger partial charge in [-0.1, -0.05) is 0 Å². The molecule has 2 aromatic heterocycles. The zero-order valence-corrected chi connectivity index (χ0v) is 13.1. The van der Waals surface area contributed by atoms with Gasteiger partial charge in [-0.25, -0.2) is 4.98 Å². The molecule has 1 aliphatic rings. The first kappa shape index (κ1) is 13.7. The largest absolute Gasteiger partial charge is 0.481 e. The molecule has 1 saturated carbocycles. The number of nitrogens with zero attached hydrogens (tertiary/aromatic N) is 3. The molecule has 0 saturated heterocycles. The Bertz CT molecular complexity index is 644. The second-order valence-electron chi connectivity index (χ2n) is 6.05. The van der Waals surface area contributed by atoms with E-state index in [1.165, 1.54) is 12.8 Å². The van der Waals surface area contributed by atoms with Crippen LogP contribution in [0, 0.1) is 5.92 Å². The first-order valence-corrected chi connectivity index (χ1v) is 7.46. The Morgan fingerprint density at radius 1 is 1.35 bits per heavy atom. The van der Waals surface area contributed by atoms with Crippen LogP contribution < -0.4 is 4.74 Å². The summed E-state index contributed by atoms with van der Waals surface area (Å²) in [4.78, 5) is 9.27. The molecule has 0 radical (unpaired) electrons. The monoisotopic (exact) mass is 293 g/mol. The molecule has 20 heavy (non-hydrogen) atoms. The van der Waals surface area contributed by atoms with Gasteiger partial charge < -0.3 is 9.30 Å². The summed E-state index contributed by atoms with van der Waals surface area (Å²) in [7, 11) is 1.63. The Morgan fingerprint density at radius 2 is 2.05 bits per heavy atom. The average Bonchev–Trinajstić information content (AvgIpc) is 3.18. The number of hydrogen-bond donors (Lipinski definition) is 0. The summed E-state index contributed by atoms with van der Waals surface area (Å²) in [5.74, 6) is 2.17. The van der Waals surface area contributed by atoms with E-state index in [2.05, 4.69) is 28.4 Å². The predicted molar refractivity (Wildman–Crippen MR) is 80.4 cm³/mol. The summed E-state index contributed by atoms with van der Waals surface area (Å²) < 4.78 is 7.46. The number of halogens is 1. The van der Waals surface area contributed by atoms with Gasteiger partial charge in [0.2, 0.25) is 5.88 Å². The van der Waals surface area contributed by atoms with Gasteiger partial charge in [0.15, 0.2) is 5.65 Å². The molecule has 5 heteroatoms. The molecule has 0 bridgehead atoms. The summed E-state index contributed by atoms with van der Waals surface area (Å²) >= 11 is 6.34. The van der Waals surface area contributed by atoms with Crippen LogP contribution in [-0.2, 0) is 5.54 Å². The third kappa shape index (κ3) is 2.06. The van der Waals surface area contributed by atoms with Crippen LogP contribution in [0.2, 0.25) is 0 Å². The molecule has 0 spiro atoms. The van der Waals surface area contributed by atoms with Gasteiger partial charge >= 0.3 is 0 Å². The molecule has 4 nitrogen and oxygen atoms in total. The van der Waals surface area contributed by atoms with Crippen LogP contribution >= 0.6 is 11.6 Å². The SMILES string of the molecule is COc1ccc2nc(C(C)Cl)n(C(C)(C)C3CC3)c2n1. The van der Waals surface area contributed by atoms with Crippen LogP contribution in [-0.4, -0.2) is 21.6 Å². The van der Waals surface area contributed by atoms with Crippen LogP contribution in [0.15, 0.2) is 12.1 Å². The summed E-state index contributed by atoms with van der Waals surface area (Å²) in [6, 6.07) is 3.79. The first-order chi connectivity index (χ1) is 9.45. The van der Waals surface area contributed by atoms with Gasteiger partial charge in [-0.05, 0) is 45.6 Å². The number of imidazole rings is 1. The zero-order valence-electron chi connectivity index (χ0n) is 12.4. The average molecular weight is 294 g/mol. The third-order valence-corrected chi connectivity index (χ3v) is 4.42. The van der Waals surface area contributed by atoms with Gasteiger partial charge in [0.1, 0.15) is 11.3 Å². The molecule has 1 fully saturated rings. The number of hydrogen-bond acceptors (Lipinski definition) is 3. The van der Waals surface area contributed by atoms with Crippen molar-refractivity contribution < 1.29 is 4.74 Å². The molecule has 0 amide bonds. The van der Waals surface area contributed by atoms with Gasteiger partial charge in [0, 0.05) is 11.6 Å². The van der Waals surface area contributed by atoms with Crippen molar-refractivity contribution in [2.45, 2.75) is 44.5 Å². The molecule has 1 aliphatic carbocycles. The van der Waals surface area contributed by atoms with E-state index in [9.17, 15) is 0 Å². The van der Waals surface area contributed by atoms with Gasteiger partial charge in [0.05, 0.1) is 12.5 Å². The maximum absolute atomic E-state index is 6.34. The Labute approximate surface area is 124 Å². The van der Waals surface area contributed by atoms with Crippen LogP contribution in [0.25, 0.3) is 11.2 Å². The third-order valence-electron chi connectivity index (χ3n) is 4.22. The minimum atomic E-state index is -0.145. The van der Waals surface area contributed by atoms with E-state index in [-0.39, 0.29) is 10.9 Å². The fourth-order valence-electron chi connectivity index (χ4n) is 2.88. The van der Waals surface area contributed by atoms with E-state index in [0.717, 1.165) is 17.0 Å². The summed E-state index contributed by atoms with van der Waals surface area (Å²) in [6.07, 6.45) is 2.51. The molecule has 0 aliphatic heterocycles. The van der Waals surface area contributed by atoms with E-state index in [4.69, 9.17) is 16.3 Å². The van der Waals surface area contributed by atoms with Crippen molar-refractivity contribution in [3.8, 4) is 5.88 Å². The summed E-state index contributed by atoms with van der Waals surface area (Å²) in [5.41, 5.74) is 1.72. The van der Waals surface area contributed by atoms with Crippen LogP contribution in [0.4, 0.5) is 0 Å². The lowest BCUT2D eigenvalue weighted by atomic mass is 9.98. The van der Waals surface area contributed by atoms with Crippen LogP contribution in [0.1, 0.15) is 44.8 Å². The Hall–Kier alpha value is -1.29. The van der Waals surface area contributed by atoms with E-state index in [1.807, 2.05) is 19.1 Å². The van der Waals surface area contributed by atoms with Crippen molar-refractivity contribution in [3.05, 3.63) is 18.0 Å². The topological polar surface area (TPSA) is 39.9 Å². The number of aromatic nitrogens is 3. The lowest BCUT2D eigenvalue weighted by Gasteiger charge is -2.29. The normalized spacial score (nSPS) is 17.4. The second kappa shape index (κ2) is 4.62. The smallest absolute Gasteiger partial charge is 0.215 e. The number of alkyl halides is 1. The number of pyridine rings is 1. The molecule has 0 aromatic carbocycles. The molecular formula is C15H20ClN3O. The second-order valence-corrected chi connectivity index (χ2v) is 6.70. The molecule has 2 aromatic rings. The lowest BCUT2D eigenvalue weighted by Crippen LogP contribution is -2.31. The number of rotatable bonds is 4. The Balaban J connectivity index is 2.27. The zero-order chi connectivity index (χ0) is 14.5. The summed E-state index contributed by atoms with van der Waals surface area (Å²) in [5, 5.41) is -0.145. The van der Waals surface area contributed by atoms with Crippen molar-refractivity contribution >= 4 is 22.8 Å². The van der Waals surface area contributed by atoms with E-state index >= 15 is 0 Å². The molecule has 2 heterocycles. The van der Waals surface area contributed by atoms with E-state index in [0.29, 0.717) is 11.8 Å². The highest BCUT2D eigenvalue weighted by Gasteiger charge is 2.42. The quantitative estimate of drug-likeness (QED) is 0.803. The summed E-state index contributed by atoms with van der Waals surface area (Å²) in [6.45, 7) is 6.45. The van der Waals surface area contributed by atoms with Crippen LogP contribution in [0.3, 0.4) is 0 Å². The number of methoxy groups -OCH3 is 1. The predicted octanol–water partition coefficient (Wildman–Crippen LogP) is 3.88. The molecule has 1 atom stereocenters. The van der Waals surface area contributed by atoms with Gasteiger partial charge in [-0.3, -0.25) is 0 Å². The van der Waals surface area contributed by atoms with Crippen molar-refractivity contribution in [2.75, 3.05) is 7.11 Å². The van der Waals surface area contributed by atoms with Gasteiger partial charge in [-0.2, -0.15) is 4.98 Å². The molecule has 108 valence electrons. The minimum Gasteiger partial charge on any atom is -0.481 e. The van der Waals surface area contributed by atoms with Crippen LogP contribution in [0.5, 0.6) is 5.88 Å². The minimum absolute atomic E-state index is 0.0212. The Morgan fingerprint density at radius 3 is 2.60 bits per heavy atom. The van der Waals surface area contributed by atoms with Crippen molar-refractivity contribution in [3.63, 3.8) is 0 Å². The molecule has 0 N–H and O–H groups in total. The van der Waals surface area contributed by atoms with Gasteiger partial charge in [0.25, 0.3) is 0 Å². The standard InChI is InChI=1S/C15H20ClN3O/c1-9(16)13-17-11-7-8-12(20-4)18-14(11)19(13)15(2,3)10-5-6-10/h7-10H,5-6H2,1-4H3. The van der Waals surface area contributed by atoms with E-state index in [1.54, 1.807) is 7.11 Å². The van der Waals surface area contributed by atoms with Gasteiger partial charge in [-0.15, -0.1) is 11.6 Å². The highest BCUT2D eigenvalue weighted by molar-refractivity contribution is 6.20. The van der Waals surface area contributed by atoms with Crippen molar-refractivity contribution in [2.24, 2.45) is 5.92 Å². The maximum Gasteiger partial charge on any atom is 0.215 e. The highest BCUT2D eigenvalue weighted by atomic mass is 35.5. The fourth-order valence-corrected chi connectivity index (χ4v) is 3.02. The molecular weight excluding hydrogens is 274 g/mol. The highest BCUT2D eigenvalue weighted by Crippen LogP contribution is 2.46. The lowest BCUT2D eigenvalue weighted by molar-refractivity contribution is 0.301.